The highest BCUT2D eigenvalue weighted by molar-refractivity contribution is 7.98. The van der Waals surface area contributed by atoms with Gasteiger partial charge in [-0.05, 0) is 6.42 Å². The molecule has 3 N–H and O–H groups in total. The van der Waals surface area contributed by atoms with Crippen LogP contribution in [-0.2, 0) is 4.79 Å². The molecule has 0 aliphatic heterocycles. The van der Waals surface area contributed by atoms with Crippen molar-refractivity contribution < 1.29 is 9.90 Å². The van der Waals surface area contributed by atoms with E-state index in [0.29, 0.717) is 0 Å². The van der Waals surface area contributed by atoms with Crippen molar-refractivity contribution in [2.75, 3.05) is 0 Å². The molecule has 0 aromatic heterocycles. The molecule has 0 heterocycles. The van der Waals surface area contributed by atoms with E-state index in [1.54, 1.807) is 6.92 Å². The quantitative estimate of drug-likeness (QED) is 0.474. The summed E-state index contributed by atoms with van der Waals surface area (Å²) in [5, 5.41) is 8.22. The molecule has 0 saturated carbocycles. The van der Waals surface area contributed by atoms with E-state index in [0.717, 1.165) is 11.9 Å². The molecule has 5 nitrogen and oxygen atoms in total. The third-order valence-corrected chi connectivity index (χ3v) is 1.76. The van der Waals surface area contributed by atoms with Gasteiger partial charge in [-0.3, -0.25) is 4.79 Å². The predicted molar refractivity (Wildman–Crippen MR) is 43.1 cm³/mol. The molecule has 0 rings (SSSR count). The lowest BCUT2D eigenvalue weighted by Crippen LogP contribution is -2.32. The summed E-state index contributed by atoms with van der Waals surface area (Å²) in [6.07, 6.45) is 0.256. The Labute approximate surface area is 68.4 Å². The van der Waals surface area contributed by atoms with Gasteiger partial charge in [0.2, 0.25) is 0 Å². The van der Waals surface area contributed by atoms with Gasteiger partial charge >= 0.3 is 5.97 Å². The van der Waals surface area contributed by atoms with Gasteiger partial charge < -0.3 is 10.8 Å². The maximum atomic E-state index is 10.2. The van der Waals surface area contributed by atoms with E-state index in [-0.39, 0.29) is 11.7 Å². The van der Waals surface area contributed by atoms with Gasteiger partial charge in [-0.1, -0.05) is 6.92 Å². The van der Waals surface area contributed by atoms with Gasteiger partial charge in [0.25, 0.3) is 0 Å². The molecule has 0 aliphatic carbocycles. The number of nitroso groups, excluding NO2 is 1. The second-order valence-electron chi connectivity index (χ2n) is 2.17. The Bertz CT molecular complexity index is 153. The highest BCUT2D eigenvalue weighted by atomic mass is 32.2. The lowest BCUT2D eigenvalue weighted by molar-refractivity contribution is -0.138. The van der Waals surface area contributed by atoms with Crippen LogP contribution in [-0.4, -0.2) is 22.4 Å². The zero-order valence-corrected chi connectivity index (χ0v) is 6.87. The number of nitrogens with zero attached hydrogens (tertiary/aromatic N) is 1. The third kappa shape index (κ3) is 4.74. The molecule has 11 heavy (non-hydrogen) atoms. The first-order valence-electron chi connectivity index (χ1n) is 3.04. The number of hydrogen-bond acceptors (Lipinski definition) is 5. The third-order valence-electron chi connectivity index (χ3n) is 1.13. The van der Waals surface area contributed by atoms with Crippen LogP contribution in [0.1, 0.15) is 13.3 Å². The summed E-state index contributed by atoms with van der Waals surface area (Å²) in [5.41, 5.74) is 5.19. The molecule has 0 bridgehead atoms. The van der Waals surface area contributed by atoms with Gasteiger partial charge in [0.05, 0.1) is 0 Å². The fourth-order valence-electron chi connectivity index (χ4n) is 0.575. The summed E-state index contributed by atoms with van der Waals surface area (Å²) in [5.74, 6) is -1.05. The Hall–Kier alpha value is -0.620. The molecule has 0 aromatic carbocycles. The van der Waals surface area contributed by atoms with Gasteiger partial charge in [0.1, 0.15) is 6.04 Å². The molecule has 0 fully saturated rings. The molecule has 64 valence electrons. The van der Waals surface area contributed by atoms with Crippen LogP contribution in [0.4, 0.5) is 0 Å². The van der Waals surface area contributed by atoms with Crippen molar-refractivity contribution in [2.45, 2.75) is 24.6 Å². The average Bonchev–Trinajstić information content (AvgIpc) is 1.87. The Morgan fingerprint density at radius 2 is 2.36 bits per heavy atom. The van der Waals surface area contributed by atoms with Gasteiger partial charge in [-0.2, -0.15) is 0 Å². The van der Waals surface area contributed by atoms with Crippen LogP contribution in [0, 0.1) is 4.91 Å². The molecule has 0 spiro atoms. The van der Waals surface area contributed by atoms with E-state index in [1.807, 2.05) is 0 Å². The second-order valence-corrected chi connectivity index (χ2v) is 3.34. The zero-order valence-electron chi connectivity index (χ0n) is 6.06. The molecule has 0 aromatic rings. The van der Waals surface area contributed by atoms with Crippen LogP contribution in [0.5, 0.6) is 0 Å². The van der Waals surface area contributed by atoms with Crippen LogP contribution >= 0.6 is 11.9 Å². The van der Waals surface area contributed by atoms with Crippen LogP contribution < -0.4 is 5.73 Å². The minimum Gasteiger partial charge on any atom is -0.480 e. The highest BCUT2D eigenvalue weighted by Crippen LogP contribution is 2.15. The zero-order chi connectivity index (χ0) is 8.85. The molecular formula is C5H10N2O3S. The minimum absolute atomic E-state index is 0.140. The van der Waals surface area contributed by atoms with E-state index >= 15 is 0 Å². The number of carbonyl (C=O) groups is 1. The van der Waals surface area contributed by atoms with E-state index in [9.17, 15) is 9.70 Å². The number of rotatable bonds is 5. The largest absolute Gasteiger partial charge is 0.480 e. The van der Waals surface area contributed by atoms with E-state index in [4.69, 9.17) is 10.8 Å². The topological polar surface area (TPSA) is 92.8 Å². The molecule has 2 atom stereocenters. The van der Waals surface area contributed by atoms with Gasteiger partial charge in [0, 0.05) is 21.8 Å². The molecule has 0 aliphatic rings. The average molecular weight is 178 g/mol. The van der Waals surface area contributed by atoms with Crippen molar-refractivity contribution in [3.8, 4) is 0 Å². The fraction of sp³-hybridized carbons (Fsp3) is 0.800. The number of aliphatic carboxylic acids is 1. The Morgan fingerprint density at radius 3 is 2.73 bits per heavy atom. The van der Waals surface area contributed by atoms with E-state index in [2.05, 4.69) is 4.58 Å². The summed E-state index contributed by atoms with van der Waals surface area (Å²) in [7, 11) is 0. The number of carboxylic acid groups (broad SMARTS) is 1. The Kier molecular flexibility index (Phi) is 4.80. The maximum Gasteiger partial charge on any atom is 0.320 e. The van der Waals surface area contributed by atoms with Crippen LogP contribution in [0.25, 0.3) is 0 Å². The number of carboxylic acids is 1. The predicted octanol–water partition coefficient (Wildman–Crippen LogP) is 0.591. The lowest BCUT2D eigenvalue weighted by Gasteiger charge is -2.08. The van der Waals surface area contributed by atoms with Gasteiger partial charge in [0.15, 0.2) is 0 Å². The SMILES string of the molecule is CC(C[C@H](N)C(=O)O)SN=O. The molecule has 1 unspecified atom stereocenters. The summed E-state index contributed by atoms with van der Waals surface area (Å²) in [4.78, 5) is 19.9. The summed E-state index contributed by atoms with van der Waals surface area (Å²) >= 11 is 0.803. The minimum atomic E-state index is -1.05. The standard InChI is InChI=1S/C5H10N2O3S/c1-3(11-7-10)2-4(6)5(8)9/h3-4H,2,6H2,1H3,(H,8,9)/t3?,4-/m0/s1. The number of hydrogen-bond donors (Lipinski definition) is 2. The normalized spacial score (nSPS) is 15.5. The molecule has 0 radical (unpaired) electrons. The van der Waals surface area contributed by atoms with Gasteiger partial charge in [-0.25, -0.2) is 0 Å². The summed E-state index contributed by atoms with van der Waals surface area (Å²) in [6, 6.07) is -0.903. The van der Waals surface area contributed by atoms with Crippen molar-refractivity contribution in [1.82, 2.24) is 0 Å². The lowest BCUT2D eigenvalue weighted by atomic mass is 10.2. The van der Waals surface area contributed by atoms with Crippen LogP contribution in [0.3, 0.4) is 0 Å². The fourth-order valence-corrected chi connectivity index (χ4v) is 1.02. The van der Waals surface area contributed by atoms with Crippen molar-refractivity contribution >= 4 is 17.9 Å². The monoisotopic (exact) mass is 178 g/mol. The smallest absolute Gasteiger partial charge is 0.320 e. The van der Waals surface area contributed by atoms with Crippen molar-refractivity contribution in [1.29, 1.82) is 0 Å². The van der Waals surface area contributed by atoms with Crippen molar-refractivity contribution in [3.63, 3.8) is 0 Å². The van der Waals surface area contributed by atoms with Crippen molar-refractivity contribution in [3.05, 3.63) is 4.91 Å². The molecular weight excluding hydrogens is 168 g/mol. The van der Waals surface area contributed by atoms with Crippen LogP contribution in [0.2, 0.25) is 0 Å². The van der Waals surface area contributed by atoms with Crippen LogP contribution in [0.15, 0.2) is 4.58 Å². The Balaban J connectivity index is 3.64. The summed E-state index contributed by atoms with van der Waals surface area (Å²) in [6.45, 7) is 1.70. The number of nitrogens with two attached hydrogens (primary N) is 1. The maximum absolute atomic E-state index is 10.2. The van der Waals surface area contributed by atoms with Crippen molar-refractivity contribution in [2.24, 2.45) is 10.3 Å². The van der Waals surface area contributed by atoms with Gasteiger partial charge in [-0.15, -0.1) is 4.91 Å². The first kappa shape index (κ1) is 10.4. The second kappa shape index (κ2) is 5.09. The molecule has 6 heteroatoms. The van der Waals surface area contributed by atoms with E-state index in [1.165, 1.54) is 0 Å². The first-order chi connectivity index (χ1) is 5.07. The summed E-state index contributed by atoms with van der Waals surface area (Å²) < 4.78 is 2.57. The first-order valence-corrected chi connectivity index (χ1v) is 3.88. The highest BCUT2D eigenvalue weighted by Gasteiger charge is 2.15. The molecule has 0 amide bonds. The Morgan fingerprint density at radius 1 is 1.82 bits per heavy atom. The van der Waals surface area contributed by atoms with E-state index < -0.39 is 12.0 Å². The molecule has 0 saturated heterocycles.